The number of aldehydes is 1. The maximum absolute atomic E-state index is 10.9. The lowest BCUT2D eigenvalue weighted by Gasteiger charge is -1.96. The summed E-state index contributed by atoms with van der Waals surface area (Å²) >= 11 is 3.05. The van der Waals surface area contributed by atoms with Gasteiger partial charge in [-0.1, -0.05) is 0 Å². The molecular formula is C7H6BrNO2. The van der Waals surface area contributed by atoms with E-state index in [2.05, 4.69) is 20.9 Å². The zero-order valence-electron chi connectivity index (χ0n) is 5.85. The summed E-state index contributed by atoms with van der Waals surface area (Å²) in [6, 6.07) is 1.61. The molecule has 1 N–H and O–H groups in total. The van der Waals surface area contributed by atoms with Crippen molar-refractivity contribution in [3.63, 3.8) is 0 Å². The lowest BCUT2D eigenvalue weighted by Crippen LogP contribution is -2.10. The topological polar surface area (TPSA) is 49.9 Å². The van der Waals surface area contributed by atoms with Gasteiger partial charge in [-0.15, -0.1) is 0 Å². The zero-order valence-corrected chi connectivity index (χ0v) is 7.44. The second kappa shape index (κ2) is 3.00. The van der Waals surface area contributed by atoms with Crippen molar-refractivity contribution < 1.29 is 4.79 Å². The van der Waals surface area contributed by atoms with Gasteiger partial charge in [-0.05, 0) is 34.5 Å². The van der Waals surface area contributed by atoms with E-state index in [0.29, 0.717) is 16.5 Å². The molecule has 3 nitrogen and oxygen atoms in total. The maximum Gasteiger partial charge on any atom is 0.262 e. The molecule has 0 aromatic carbocycles. The first kappa shape index (κ1) is 8.20. The van der Waals surface area contributed by atoms with Crippen molar-refractivity contribution in [1.82, 2.24) is 4.98 Å². The Morgan fingerprint density at radius 1 is 1.64 bits per heavy atom. The second-order valence-corrected chi connectivity index (χ2v) is 3.02. The van der Waals surface area contributed by atoms with Crippen LogP contribution in [-0.4, -0.2) is 11.3 Å². The third-order valence-electron chi connectivity index (χ3n) is 1.35. The fourth-order valence-electron chi connectivity index (χ4n) is 0.736. The Balaban J connectivity index is 3.44. The number of pyridine rings is 1. The number of H-pyrrole nitrogens is 1. The number of rotatable bonds is 1. The van der Waals surface area contributed by atoms with Crippen LogP contribution in [0.15, 0.2) is 15.3 Å². The van der Waals surface area contributed by atoms with Crippen LogP contribution < -0.4 is 5.56 Å². The number of carbonyl (C=O) groups is 1. The predicted molar refractivity (Wildman–Crippen MR) is 44.9 cm³/mol. The van der Waals surface area contributed by atoms with Gasteiger partial charge in [-0.3, -0.25) is 9.59 Å². The van der Waals surface area contributed by atoms with Crippen LogP contribution in [0.25, 0.3) is 0 Å². The van der Waals surface area contributed by atoms with Crippen LogP contribution in [0.2, 0.25) is 0 Å². The van der Waals surface area contributed by atoms with Crippen molar-refractivity contribution in [3.05, 3.63) is 32.2 Å². The number of carbonyl (C=O) groups excluding carboxylic acids is 1. The molecule has 11 heavy (non-hydrogen) atoms. The van der Waals surface area contributed by atoms with E-state index in [1.807, 2.05) is 0 Å². The monoisotopic (exact) mass is 215 g/mol. The van der Waals surface area contributed by atoms with Crippen molar-refractivity contribution >= 4 is 22.2 Å². The molecule has 58 valence electrons. The van der Waals surface area contributed by atoms with Gasteiger partial charge in [0.1, 0.15) is 0 Å². The molecule has 0 saturated carbocycles. The molecule has 0 aliphatic heterocycles. The molecule has 1 aromatic heterocycles. The van der Waals surface area contributed by atoms with Crippen LogP contribution in [-0.2, 0) is 0 Å². The minimum Gasteiger partial charge on any atom is -0.319 e. The number of aromatic amines is 1. The Bertz CT molecular complexity index is 343. The third kappa shape index (κ3) is 1.57. The third-order valence-corrected chi connectivity index (χ3v) is 1.94. The van der Waals surface area contributed by atoms with Crippen molar-refractivity contribution in [2.24, 2.45) is 0 Å². The van der Waals surface area contributed by atoms with Crippen LogP contribution in [0, 0.1) is 6.92 Å². The first-order chi connectivity index (χ1) is 5.15. The number of hydrogen-bond donors (Lipinski definition) is 1. The van der Waals surface area contributed by atoms with E-state index < -0.39 is 0 Å². The smallest absolute Gasteiger partial charge is 0.262 e. The number of aromatic nitrogens is 1. The van der Waals surface area contributed by atoms with Gasteiger partial charge in [-0.2, -0.15) is 0 Å². The second-order valence-electron chi connectivity index (χ2n) is 2.16. The van der Waals surface area contributed by atoms with E-state index in [1.54, 1.807) is 13.0 Å². The Hall–Kier alpha value is -0.900. The van der Waals surface area contributed by atoms with Crippen molar-refractivity contribution in [2.45, 2.75) is 6.92 Å². The van der Waals surface area contributed by atoms with E-state index in [0.717, 1.165) is 5.56 Å². The fraction of sp³-hybridized carbons (Fsp3) is 0.143. The average molecular weight is 216 g/mol. The molecule has 0 spiro atoms. The molecule has 0 amide bonds. The molecule has 1 aromatic rings. The minimum absolute atomic E-state index is 0.280. The van der Waals surface area contributed by atoms with E-state index in [9.17, 15) is 9.59 Å². The van der Waals surface area contributed by atoms with Gasteiger partial charge >= 0.3 is 0 Å². The number of halogens is 1. The highest BCUT2D eigenvalue weighted by Gasteiger charge is 2.00. The Morgan fingerprint density at radius 2 is 2.27 bits per heavy atom. The van der Waals surface area contributed by atoms with Crippen LogP contribution in [0.1, 0.15) is 16.1 Å². The van der Waals surface area contributed by atoms with Crippen molar-refractivity contribution in [1.29, 1.82) is 0 Å². The summed E-state index contributed by atoms with van der Waals surface area (Å²) in [6.45, 7) is 1.75. The van der Waals surface area contributed by atoms with Crippen molar-refractivity contribution in [2.75, 3.05) is 0 Å². The molecule has 0 unspecified atom stereocenters. The van der Waals surface area contributed by atoms with Gasteiger partial charge in [-0.25, -0.2) is 0 Å². The van der Waals surface area contributed by atoms with Gasteiger partial charge in [0.2, 0.25) is 0 Å². The highest BCUT2D eigenvalue weighted by molar-refractivity contribution is 9.10. The van der Waals surface area contributed by atoms with Crippen LogP contribution >= 0.6 is 15.9 Å². The number of aryl methyl sites for hydroxylation is 1. The van der Waals surface area contributed by atoms with E-state index in [4.69, 9.17) is 0 Å². The summed E-state index contributed by atoms with van der Waals surface area (Å²) < 4.78 is 0.445. The lowest BCUT2D eigenvalue weighted by molar-refractivity contribution is 0.111. The first-order valence-corrected chi connectivity index (χ1v) is 3.79. The molecule has 0 aliphatic carbocycles. The molecule has 0 aliphatic rings. The molecule has 1 rings (SSSR count). The Labute approximate surface area is 71.6 Å². The molecule has 1 heterocycles. The summed E-state index contributed by atoms with van der Waals surface area (Å²) in [5.74, 6) is 0. The summed E-state index contributed by atoms with van der Waals surface area (Å²) in [5.41, 5.74) is 0.808. The molecular weight excluding hydrogens is 210 g/mol. The van der Waals surface area contributed by atoms with E-state index >= 15 is 0 Å². The normalized spacial score (nSPS) is 9.64. The average Bonchev–Trinajstić information content (AvgIpc) is 1.97. The highest BCUT2D eigenvalue weighted by atomic mass is 79.9. The van der Waals surface area contributed by atoms with Gasteiger partial charge in [0, 0.05) is 0 Å². The van der Waals surface area contributed by atoms with Crippen molar-refractivity contribution in [3.8, 4) is 0 Å². The number of nitrogens with one attached hydrogen (secondary N) is 1. The quantitative estimate of drug-likeness (QED) is 0.718. The fourth-order valence-corrected chi connectivity index (χ4v) is 1.18. The predicted octanol–water partition coefficient (Wildman–Crippen LogP) is 1.26. The Morgan fingerprint density at radius 3 is 2.82 bits per heavy atom. The van der Waals surface area contributed by atoms with Crippen LogP contribution in [0.5, 0.6) is 0 Å². The van der Waals surface area contributed by atoms with Gasteiger partial charge in [0.25, 0.3) is 5.56 Å². The molecule has 0 saturated heterocycles. The molecule has 0 fully saturated rings. The summed E-state index contributed by atoms with van der Waals surface area (Å²) in [7, 11) is 0. The van der Waals surface area contributed by atoms with Gasteiger partial charge in [0.05, 0.1) is 10.2 Å². The van der Waals surface area contributed by atoms with E-state index in [1.165, 1.54) is 0 Å². The maximum atomic E-state index is 10.9. The number of hydrogen-bond acceptors (Lipinski definition) is 2. The van der Waals surface area contributed by atoms with Crippen LogP contribution in [0.3, 0.4) is 0 Å². The van der Waals surface area contributed by atoms with E-state index in [-0.39, 0.29) is 5.56 Å². The SMILES string of the molecule is Cc1cc(Br)c(=O)[nH]c1C=O. The van der Waals surface area contributed by atoms with Gasteiger partial charge < -0.3 is 4.98 Å². The van der Waals surface area contributed by atoms with Gasteiger partial charge in [0.15, 0.2) is 6.29 Å². The highest BCUT2D eigenvalue weighted by Crippen LogP contribution is 2.06. The summed E-state index contributed by atoms with van der Waals surface area (Å²) in [4.78, 5) is 23.6. The molecule has 4 heteroatoms. The molecule has 0 atom stereocenters. The minimum atomic E-state index is -0.280. The molecule has 0 bridgehead atoms. The first-order valence-electron chi connectivity index (χ1n) is 2.99. The largest absolute Gasteiger partial charge is 0.319 e. The zero-order chi connectivity index (χ0) is 8.43. The van der Waals surface area contributed by atoms with Crippen LogP contribution in [0.4, 0.5) is 0 Å². The Kier molecular flexibility index (Phi) is 2.24. The molecule has 0 radical (unpaired) electrons. The summed E-state index contributed by atoms with van der Waals surface area (Å²) in [5, 5.41) is 0. The summed E-state index contributed by atoms with van der Waals surface area (Å²) in [6.07, 6.45) is 0.628. The standard InChI is InChI=1S/C7H6BrNO2/c1-4-2-5(8)7(11)9-6(4)3-10/h2-3H,1H3,(H,9,11). The lowest BCUT2D eigenvalue weighted by atomic mass is 10.2.